The molecule has 0 aromatic heterocycles. The smallest absolute Gasteiger partial charge is 0.221 e. The summed E-state index contributed by atoms with van der Waals surface area (Å²) in [5, 5.41) is 16.3. The molecule has 6 heteroatoms. The number of hydrogen-bond acceptors (Lipinski definition) is 4. The van der Waals surface area contributed by atoms with Gasteiger partial charge in [-0.25, -0.2) is 0 Å². The molecule has 2 aliphatic rings. The minimum absolute atomic E-state index is 0.0764. The molecule has 2 amide bonds. The highest BCUT2D eigenvalue weighted by Gasteiger charge is 2.42. The number of nitrogens with zero attached hydrogens (tertiary/aromatic N) is 2. The normalized spacial score (nSPS) is 33.4. The molecule has 0 aliphatic heterocycles. The third-order valence-corrected chi connectivity index (χ3v) is 2.64. The van der Waals surface area contributed by atoms with E-state index in [1.807, 2.05) is 12.1 Å². The number of carbonyl (C=O) groups is 2. The molecule has 2 saturated carbocycles. The average Bonchev–Trinajstić information content (AvgIpc) is 3.11. The Morgan fingerprint density at radius 2 is 1.25 bits per heavy atom. The molecule has 6 nitrogen and oxygen atoms in total. The molecule has 0 saturated heterocycles. The van der Waals surface area contributed by atoms with Crippen molar-refractivity contribution in [3.05, 3.63) is 0 Å². The van der Waals surface area contributed by atoms with E-state index < -0.39 is 0 Å². The van der Waals surface area contributed by atoms with Crippen molar-refractivity contribution >= 4 is 11.8 Å². The molecule has 84 valence electrons. The Kier molecular flexibility index (Phi) is 3.47. The van der Waals surface area contributed by atoms with Gasteiger partial charge in [0.05, 0.1) is 35.8 Å². The van der Waals surface area contributed by atoms with E-state index in [1.165, 1.54) is 0 Å². The monoisotopic (exact) mass is 220 g/mol. The molecule has 16 heavy (non-hydrogen) atoms. The average molecular weight is 220 g/mol. The van der Waals surface area contributed by atoms with Crippen LogP contribution in [0.5, 0.6) is 0 Å². The third kappa shape index (κ3) is 2.96. The molecule has 4 atom stereocenters. The van der Waals surface area contributed by atoms with Crippen molar-refractivity contribution in [1.29, 1.82) is 10.5 Å². The number of carbonyl (C=O) groups excluding carboxylic acids is 2. The Labute approximate surface area is 92.8 Å². The fraction of sp³-hybridized carbons (Fsp3) is 0.600. The van der Waals surface area contributed by atoms with E-state index >= 15 is 0 Å². The third-order valence-electron chi connectivity index (χ3n) is 2.64. The lowest BCUT2D eigenvalue weighted by Crippen LogP contribution is -2.13. The second kappa shape index (κ2) is 4.63. The van der Waals surface area contributed by atoms with Gasteiger partial charge in [-0.05, 0) is 12.8 Å². The molecule has 2 aliphatic carbocycles. The highest BCUT2D eigenvalue weighted by atomic mass is 16.1. The van der Waals surface area contributed by atoms with Gasteiger partial charge in [0, 0.05) is 0 Å². The Bertz CT molecular complexity index is 355. The molecule has 0 aromatic rings. The van der Waals surface area contributed by atoms with E-state index in [4.69, 9.17) is 22.0 Å². The van der Waals surface area contributed by atoms with Gasteiger partial charge in [-0.1, -0.05) is 0 Å². The van der Waals surface area contributed by atoms with Gasteiger partial charge in [0.25, 0.3) is 0 Å². The predicted molar refractivity (Wildman–Crippen MR) is 52.8 cm³/mol. The second-order valence-electron chi connectivity index (χ2n) is 3.96. The fourth-order valence-electron chi connectivity index (χ4n) is 1.30. The van der Waals surface area contributed by atoms with Gasteiger partial charge in [0.2, 0.25) is 11.8 Å². The van der Waals surface area contributed by atoms with Crippen LogP contribution in [0.4, 0.5) is 0 Å². The van der Waals surface area contributed by atoms with Gasteiger partial charge >= 0.3 is 0 Å². The molecule has 2 rings (SSSR count). The number of hydrogen-bond donors (Lipinski definition) is 2. The lowest BCUT2D eigenvalue weighted by atomic mass is 10.3. The summed E-state index contributed by atoms with van der Waals surface area (Å²) < 4.78 is 0. The molecular formula is C10H12N4O2. The van der Waals surface area contributed by atoms with Crippen LogP contribution < -0.4 is 11.5 Å². The summed E-state index contributed by atoms with van der Waals surface area (Å²) in [6.45, 7) is 0. The topological polar surface area (TPSA) is 134 Å². The first kappa shape index (κ1) is 12.0. The molecule has 2 fully saturated rings. The zero-order chi connectivity index (χ0) is 12.3. The Hall–Kier alpha value is -2.08. The number of nitrogens with two attached hydrogens (primary N) is 2. The molecule has 0 spiro atoms. The van der Waals surface area contributed by atoms with E-state index in [1.54, 1.807) is 0 Å². The summed E-state index contributed by atoms with van der Waals surface area (Å²) >= 11 is 0. The van der Waals surface area contributed by atoms with Gasteiger partial charge in [0.15, 0.2) is 0 Å². The number of primary amides is 2. The predicted octanol–water partition coefficient (Wildman–Crippen LogP) is -0.737. The first-order chi connectivity index (χ1) is 7.51. The van der Waals surface area contributed by atoms with Crippen molar-refractivity contribution in [2.75, 3.05) is 0 Å². The summed E-state index contributed by atoms with van der Waals surface area (Å²) in [4.78, 5) is 20.4. The highest BCUT2D eigenvalue weighted by Crippen LogP contribution is 2.37. The highest BCUT2D eigenvalue weighted by molar-refractivity contribution is 5.80. The van der Waals surface area contributed by atoms with Crippen LogP contribution in [-0.4, -0.2) is 11.8 Å². The summed E-state index contributed by atoms with van der Waals surface area (Å²) in [6, 6.07) is 3.94. The number of amides is 2. The van der Waals surface area contributed by atoms with Crippen LogP contribution in [-0.2, 0) is 9.59 Å². The van der Waals surface area contributed by atoms with Crippen LogP contribution in [0.3, 0.4) is 0 Å². The maximum Gasteiger partial charge on any atom is 0.221 e. The van der Waals surface area contributed by atoms with E-state index in [0.717, 1.165) is 0 Å². The van der Waals surface area contributed by atoms with E-state index in [-0.39, 0.29) is 35.5 Å². The standard InChI is InChI=1S/2C5H6N2O/c2*6-2-3-1-4(3)5(7)8/h2*3-4H,1H2,(H2,7,8)/t2*3-,4+/m10/s1. The van der Waals surface area contributed by atoms with Crippen molar-refractivity contribution in [3.63, 3.8) is 0 Å². The number of rotatable bonds is 2. The summed E-state index contributed by atoms with van der Waals surface area (Å²) in [6.07, 6.45) is 1.34. The lowest BCUT2D eigenvalue weighted by molar-refractivity contribution is -0.120. The summed E-state index contributed by atoms with van der Waals surface area (Å²) in [7, 11) is 0. The van der Waals surface area contributed by atoms with Crippen LogP contribution in [0.1, 0.15) is 12.8 Å². The van der Waals surface area contributed by atoms with Crippen LogP contribution in [0.2, 0.25) is 0 Å². The largest absolute Gasteiger partial charge is 0.369 e. The van der Waals surface area contributed by atoms with Gasteiger partial charge < -0.3 is 11.5 Å². The molecular weight excluding hydrogens is 208 g/mol. The van der Waals surface area contributed by atoms with Gasteiger partial charge in [-0.2, -0.15) is 10.5 Å². The van der Waals surface area contributed by atoms with Crippen LogP contribution >= 0.6 is 0 Å². The lowest BCUT2D eigenvalue weighted by Gasteiger charge is -1.80. The molecule has 0 bridgehead atoms. The number of nitriles is 2. The van der Waals surface area contributed by atoms with Crippen molar-refractivity contribution in [3.8, 4) is 12.1 Å². The van der Waals surface area contributed by atoms with E-state index in [0.29, 0.717) is 12.8 Å². The maximum absolute atomic E-state index is 10.2. The summed E-state index contributed by atoms with van der Waals surface area (Å²) in [5.74, 6) is -1.10. The van der Waals surface area contributed by atoms with Crippen molar-refractivity contribution < 1.29 is 9.59 Å². The van der Waals surface area contributed by atoms with Crippen LogP contribution in [0, 0.1) is 46.3 Å². The van der Waals surface area contributed by atoms with Crippen molar-refractivity contribution in [2.24, 2.45) is 35.1 Å². The molecule has 0 unspecified atom stereocenters. The Morgan fingerprint density at radius 1 is 0.938 bits per heavy atom. The summed E-state index contributed by atoms with van der Waals surface area (Å²) in [5.41, 5.74) is 9.75. The minimum atomic E-state index is -0.337. The Morgan fingerprint density at radius 3 is 1.31 bits per heavy atom. The van der Waals surface area contributed by atoms with Crippen molar-refractivity contribution in [2.45, 2.75) is 12.8 Å². The molecule has 0 heterocycles. The van der Waals surface area contributed by atoms with Gasteiger partial charge in [0.1, 0.15) is 0 Å². The Balaban J connectivity index is 0.000000160. The van der Waals surface area contributed by atoms with Gasteiger partial charge in [-0.3, -0.25) is 9.59 Å². The molecule has 0 radical (unpaired) electrons. The van der Waals surface area contributed by atoms with Crippen LogP contribution in [0.15, 0.2) is 0 Å². The first-order valence-electron chi connectivity index (χ1n) is 4.89. The molecule has 4 N–H and O–H groups in total. The maximum atomic E-state index is 10.2. The van der Waals surface area contributed by atoms with Crippen LogP contribution in [0.25, 0.3) is 0 Å². The SMILES string of the molecule is N#C[C@@H]1C[C@H]1C(N)=O.N#C[C@H]1C[C@@H]1C(N)=O. The first-order valence-corrected chi connectivity index (χ1v) is 4.89. The minimum Gasteiger partial charge on any atom is -0.369 e. The van der Waals surface area contributed by atoms with E-state index in [2.05, 4.69) is 0 Å². The quantitative estimate of drug-likeness (QED) is 0.633. The second-order valence-corrected chi connectivity index (χ2v) is 3.96. The van der Waals surface area contributed by atoms with E-state index in [9.17, 15) is 9.59 Å². The molecule has 0 aromatic carbocycles. The zero-order valence-electron chi connectivity index (χ0n) is 8.59. The van der Waals surface area contributed by atoms with Gasteiger partial charge in [-0.15, -0.1) is 0 Å². The van der Waals surface area contributed by atoms with Crippen molar-refractivity contribution in [1.82, 2.24) is 0 Å². The zero-order valence-corrected chi connectivity index (χ0v) is 8.59. The fourth-order valence-corrected chi connectivity index (χ4v) is 1.30.